The number of hydrogen-bond donors (Lipinski definition) is 0. The molecule has 1 heterocycles. The van der Waals surface area contributed by atoms with Crippen molar-refractivity contribution < 1.29 is 0 Å². The summed E-state index contributed by atoms with van der Waals surface area (Å²) in [5.41, 5.74) is 1.26. The van der Waals surface area contributed by atoms with Gasteiger partial charge in [0.05, 0.1) is 6.20 Å². The summed E-state index contributed by atoms with van der Waals surface area (Å²) in [6, 6.07) is 0. The van der Waals surface area contributed by atoms with E-state index in [1.807, 2.05) is 31.0 Å². The number of halogens is 1. The van der Waals surface area contributed by atoms with Crippen LogP contribution in [0, 0.1) is 5.92 Å². The Morgan fingerprint density at radius 3 is 2.67 bits per heavy atom. The van der Waals surface area contributed by atoms with Gasteiger partial charge < -0.3 is 0 Å². The minimum atomic E-state index is 0.227. The highest BCUT2D eigenvalue weighted by Crippen LogP contribution is 2.15. The first kappa shape index (κ1) is 9.59. The van der Waals surface area contributed by atoms with E-state index in [4.69, 9.17) is 11.6 Å². The van der Waals surface area contributed by atoms with Gasteiger partial charge in [-0.25, -0.2) is 0 Å². The zero-order chi connectivity index (χ0) is 9.14. The Hall–Kier alpha value is -0.500. The summed E-state index contributed by atoms with van der Waals surface area (Å²) in [6.45, 7) is 4.19. The van der Waals surface area contributed by atoms with Crippen molar-refractivity contribution in [3.63, 3.8) is 0 Å². The van der Waals surface area contributed by atoms with E-state index in [0.29, 0.717) is 5.92 Å². The van der Waals surface area contributed by atoms with Crippen LogP contribution in [0.3, 0.4) is 0 Å². The zero-order valence-corrected chi connectivity index (χ0v) is 8.54. The number of alkyl halides is 1. The number of aryl methyl sites for hydroxylation is 1. The molecule has 0 aliphatic rings. The zero-order valence-electron chi connectivity index (χ0n) is 7.79. The van der Waals surface area contributed by atoms with Crippen molar-refractivity contribution in [3.8, 4) is 0 Å². The van der Waals surface area contributed by atoms with E-state index < -0.39 is 0 Å². The highest BCUT2D eigenvalue weighted by atomic mass is 35.5. The Morgan fingerprint density at radius 1 is 1.58 bits per heavy atom. The van der Waals surface area contributed by atoms with Crippen LogP contribution in [-0.4, -0.2) is 15.2 Å². The molecule has 12 heavy (non-hydrogen) atoms. The van der Waals surface area contributed by atoms with Crippen molar-refractivity contribution in [3.05, 3.63) is 18.0 Å². The van der Waals surface area contributed by atoms with Gasteiger partial charge in [-0.3, -0.25) is 4.68 Å². The van der Waals surface area contributed by atoms with Crippen LogP contribution in [0.4, 0.5) is 0 Å². The van der Waals surface area contributed by atoms with Crippen molar-refractivity contribution in [2.75, 3.05) is 0 Å². The van der Waals surface area contributed by atoms with E-state index in [0.717, 1.165) is 6.42 Å². The SMILES string of the molecule is CC(Cl)C(C)Cc1cnn(C)c1. The Morgan fingerprint density at radius 2 is 2.25 bits per heavy atom. The molecule has 0 saturated heterocycles. The van der Waals surface area contributed by atoms with Gasteiger partial charge in [0.1, 0.15) is 0 Å². The van der Waals surface area contributed by atoms with Gasteiger partial charge in [0, 0.05) is 18.6 Å². The summed E-state index contributed by atoms with van der Waals surface area (Å²) in [5.74, 6) is 0.510. The maximum absolute atomic E-state index is 5.96. The lowest BCUT2D eigenvalue weighted by Gasteiger charge is -2.11. The average Bonchev–Trinajstić information content (AvgIpc) is 2.35. The predicted molar refractivity (Wildman–Crippen MR) is 51.4 cm³/mol. The Bertz CT molecular complexity index is 242. The smallest absolute Gasteiger partial charge is 0.0521 e. The molecule has 0 bridgehead atoms. The molecular weight excluding hydrogens is 172 g/mol. The van der Waals surface area contributed by atoms with Gasteiger partial charge in [-0.15, -0.1) is 11.6 Å². The lowest BCUT2D eigenvalue weighted by atomic mass is 10.0. The van der Waals surface area contributed by atoms with Crippen molar-refractivity contribution in [1.29, 1.82) is 0 Å². The van der Waals surface area contributed by atoms with Gasteiger partial charge >= 0.3 is 0 Å². The molecule has 1 aromatic rings. The van der Waals surface area contributed by atoms with Crippen LogP contribution in [-0.2, 0) is 13.5 Å². The Balaban J connectivity index is 2.52. The third kappa shape index (κ3) is 2.52. The van der Waals surface area contributed by atoms with Crippen molar-refractivity contribution in [2.45, 2.75) is 25.6 Å². The fourth-order valence-electron chi connectivity index (χ4n) is 1.11. The molecule has 0 aliphatic carbocycles. The summed E-state index contributed by atoms with van der Waals surface area (Å²) < 4.78 is 1.82. The molecule has 0 aromatic carbocycles. The van der Waals surface area contributed by atoms with Gasteiger partial charge in [0.15, 0.2) is 0 Å². The second-order valence-electron chi connectivity index (χ2n) is 3.38. The Labute approximate surface area is 78.5 Å². The molecule has 1 rings (SSSR count). The fraction of sp³-hybridized carbons (Fsp3) is 0.667. The molecule has 3 heteroatoms. The summed E-state index contributed by atoms with van der Waals surface area (Å²) in [7, 11) is 1.93. The lowest BCUT2D eigenvalue weighted by Crippen LogP contribution is -2.09. The minimum absolute atomic E-state index is 0.227. The molecule has 2 atom stereocenters. The first-order valence-corrected chi connectivity index (χ1v) is 4.65. The average molecular weight is 187 g/mol. The van der Waals surface area contributed by atoms with Crippen LogP contribution in [0.15, 0.2) is 12.4 Å². The van der Waals surface area contributed by atoms with E-state index in [1.165, 1.54) is 5.56 Å². The summed E-state index contributed by atoms with van der Waals surface area (Å²) in [4.78, 5) is 0. The molecule has 0 saturated carbocycles. The second-order valence-corrected chi connectivity index (χ2v) is 4.07. The second kappa shape index (κ2) is 3.94. The fourth-order valence-corrected chi connectivity index (χ4v) is 1.20. The quantitative estimate of drug-likeness (QED) is 0.662. The van der Waals surface area contributed by atoms with Gasteiger partial charge in [-0.1, -0.05) is 6.92 Å². The van der Waals surface area contributed by atoms with Crippen LogP contribution in [0.1, 0.15) is 19.4 Å². The lowest BCUT2D eigenvalue weighted by molar-refractivity contribution is 0.567. The normalized spacial score (nSPS) is 16.0. The van der Waals surface area contributed by atoms with Crippen molar-refractivity contribution in [1.82, 2.24) is 9.78 Å². The summed E-state index contributed by atoms with van der Waals surface area (Å²) in [6.07, 6.45) is 4.95. The maximum atomic E-state index is 5.96. The third-order valence-electron chi connectivity index (χ3n) is 2.10. The summed E-state index contributed by atoms with van der Waals surface area (Å²) in [5, 5.41) is 4.33. The van der Waals surface area contributed by atoms with Crippen molar-refractivity contribution in [2.24, 2.45) is 13.0 Å². The monoisotopic (exact) mass is 186 g/mol. The number of rotatable bonds is 3. The molecule has 2 nitrogen and oxygen atoms in total. The van der Waals surface area contributed by atoms with Gasteiger partial charge in [0.2, 0.25) is 0 Å². The third-order valence-corrected chi connectivity index (χ3v) is 2.53. The molecule has 0 N–H and O–H groups in total. The molecule has 0 amide bonds. The molecular formula is C9H15ClN2. The van der Waals surface area contributed by atoms with Crippen LogP contribution in [0.2, 0.25) is 0 Å². The van der Waals surface area contributed by atoms with Crippen LogP contribution in [0.25, 0.3) is 0 Å². The number of hydrogen-bond acceptors (Lipinski definition) is 1. The van der Waals surface area contributed by atoms with E-state index in [-0.39, 0.29) is 5.38 Å². The first-order chi connectivity index (χ1) is 5.59. The predicted octanol–water partition coefficient (Wildman–Crippen LogP) is 2.23. The molecule has 0 fully saturated rings. The number of aromatic nitrogens is 2. The minimum Gasteiger partial charge on any atom is -0.276 e. The van der Waals surface area contributed by atoms with E-state index >= 15 is 0 Å². The molecule has 1 aromatic heterocycles. The number of nitrogens with zero attached hydrogens (tertiary/aromatic N) is 2. The van der Waals surface area contributed by atoms with Gasteiger partial charge in [-0.05, 0) is 24.8 Å². The van der Waals surface area contributed by atoms with Gasteiger partial charge in [-0.2, -0.15) is 5.10 Å². The molecule has 0 spiro atoms. The largest absolute Gasteiger partial charge is 0.276 e. The highest BCUT2D eigenvalue weighted by molar-refractivity contribution is 6.20. The summed E-state index contributed by atoms with van der Waals surface area (Å²) >= 11 is 5.96. The molecule has 2 unspecified atom stereocenters. The van der Waals surface area contributed by atoms with E-state index in [9.17, 15) is 0 Å². The highest BCUT2D eigenvalue weighted by Gasteiger charge is 2.10. The van der Waals surface area contributed by atoms with Crippen LogP contribution >= 0.6 is 11.6 Å². The van der Waals surface area contributed by atoms with E-state index in [2.05, 4.69) is 12.0 Å². The van der Waals surface area contributed by atoms with E-state index in [1.54, 1.807) is 0 Å². The Kier molecular flexibility index (Phi) is 3.15. The molecule has 68 valence electrons. The van der Waals surface area contributed by atoms with Crippen molar-refractivity contribution >= 4 is 11.6 Å². The molecule has 0 aliphatic heterocycles. The first-order valence-electron chi connectivity index (χ1n) is 4.21. The molecule has 0 radical (unpaired) electrons. The van der Waals surface area contributed by atoms with Crippen LogP contribution < -0.4 is 0 Å². The van der Waals surface area contributed by atoms with Crippen LogP contribution in [0.5, 0.6) is 0 Å². The topological polar surface area (TPSA) is 17.8 Å². The van der Waals surface area contributed by atoms with Gasteiger partial charge in [0.25, 0.3) is 0 Å². The maximum Gasteiger partial charge on any atom is 0.0521 e. The standard InChI is InChI=1S/C9H15ClN2/c1-7(8(2)10)4-9-5-11-12(3)6-9/h5-8H,4H2,1-3H3.